The lowest BCUT2D eigenvalue weighted by molar-refractivity contribution is -0.300. The molecule has 12 atom stereocenters. The zero-order chi connectivity index (χ0) is 26.9. The molecule has 10 nitrogen and oxygen atoms in total. The van der Waals surface area contributed by atoms with Crippen molar-refractivity contribution in [3.05, 3.63) is 11.6 Å². The second-order valence-corrected chi connectivity index (χ2v) is 12.4. The highest BCUT2D eigenvalue weighted by atomic mass is 16.7. The SMILES string of the molecule is CC12CCC(=O)C=C1CCC1C2C(O)CC2(C)C1CC[C@]2(O)C(=O)CO[C@@H]1O[C@H](CO)[C@@H](O)[C@H](O)[C@H]1O. The Morgan fingerprint density at radius 3 is 2.51 bits per heavy atom. The van der Waals surface area contributed by atoms with Crippen molar-refractivity contribution in [3.8, 4) is 0 Å². The van der Waals surface area contributed by atoms with E-state index in [1.54, 1.807) is 6.08 Å². The molecule has 0 radical (unpaired) electrons. The molecule has 0 spiro atoms. The molecule has 0 bridgehead atoms. The summed E-state index contributed by atoms with van der Waals surface area (Å²) < 4.78 is 10.8. The van der Waals surface area contributed by atoms with Crippen molar-refractivity contribution in [1.82, 2.24) is 0 Å². The second-order valence-electron chi connectivity index (χ2n) is 12.4. The Morgan fingerprint density at radius 2 is 1.81 bits per heavy atom. The third-order valence-corrected chi connectivity index (χ3v) is 10.7. The van der Waals surface area contributed by atoms with Gasteiger partial charge in [-0.25, -0.2) is 0 Å². The maximum Gasteiger partial charge on any atom is 0.190 e. The van der Waals surface area contributed by atoms with Gasteiger partial charge in [0.2, 0.25) is 0 Å². The lowest BCUT2D eigenvalue weighted by Gasteiger charge is -2.60. The molecule has 1 aliphatic heterocycles. The molecule has 0 aromatic heterocycles. The van der Waals surface area contributed by atoms with Crippen LogP contribution in [0, 0.1) is 28.6 Å². The van der Waals surface area contributed by atoms with Gasteiger partial charge in [0.25, 0.3) is 0 Å². The van der Waals surface area contributed by atoms with Gasteiger partial charge in [-0.1, -0.05) is 19.4 Å². The molecular formula is C27H40O10. The van der Waals surface area contributed by atoms with Gasteiger partial charge in [0.05, 0.1) is 12.7 Å². The van der Waals surface area contributed by atoms with Gasteiger partial charge in [-0.3, -0.25) is 9.59 Å². The highest BCUT2D eigenvalue weighted by Crippen LogP contribution is 2.67. The molecule has 0 aromatic rings. The van der Waals surface area contributed by atoms with Gasteiger partial charge in [-0.2, -0.15) is 0 Å². The first-order chi connectivity index (χ1) is 17.4. The number of Topliss-reactive ketones (excluding diaryl/α,β-unsaturated/α-hetero) is 1. The first-order valence-electron chi connectivity index (χ1n) is 13.5. The summed E-state index contributed by atoms with van der Waals surface area (Å²) in [5, 5.41) is 62.8. The van der Waals surface area contributed by atoms with Gasteiger partial charge in [-0.05, 0) is 67.8 Å². The molecule has 1 saturated heterocycles. The van der Waals surface area contributed by atoms with Gasteiger partial charge in [0, 0.05) is 11.8 Å². The van der Waals surface area contributed by atoms with Crippen molar-refractivity contribution in [1.29, 1.82) is 0 Å². The normalized spacial score (nSPS) is 51.6. The summed E-state index contributed by atoms with van der Waals surface area (Å²) >= 11 is 0. The standard InChI is InChI=1S/C27H40O10/c1-25-7-5-14(29)9-13(25)3-4-15-16-6-8-27(35,26(16,2)10-17(30)20(15)25)19(31)12-36-24-23(34)22(33)21(32)18(11-28)37-24/h9,15-18,20-24,28,30,32-35H,3-8,10-12H2,1-2H3/t15?,16?,17?,18-,20?,21-,22+,23-,24-,25?,26?,27+/m1/s1. The van der Waals surface area contributed by atoms with Gasteiger partial charge >= 0.3 is 0 Å². The minimum Gasteiger partial charge on any atom is -0.394 e. The molecule has 208 valence electrons. The average molecular weight is 525 g/mol. The largest absolute Gasteiger partial charge is 0.394 e. The number of hydrogen-bond donors (Lipinski definition) is 6. The molecule has 5 rings (SSSR count). The Bertz CT molecular complexity index is 965. The summed E-state index contributed by atoms with van der Waals surface area (Å²) in [5.74, 6) is -0.371. The van der Waals surface area contributed by atoms with Crippen LogP contribution in [0.3, 0.4) is 0 Å². The van der Waals surface area contributed by atoms with Gasteiger partial charge < -0.3 is 40.1 Å². The van der Waals surface area contributed by atoms with Crippen LogP contribution >= 0.6 is 0 Å². The Morgan fingerprint density at radius 1 is 1.08 bits per heavy atom. The monoisotopic (exact) mass is 524 g/mol. The topological polar surface area (TPSA) is 174 Å². The van der Waals surface area contributed by atoms with Crippen molar-refractivity contribution < 1.29 is 49.7 Å². The summed E-state index contributed by atoms with van der Waals surface area (Å²) in [7, 11) is 0. The van der Waals surface area contributed by atoms with Crippen molar-refractivity contribution in [2.45, 2.75) is 101 Å². The summed E-state index contributed by atoms with van der Waals surface area (Å²) in [5.41, 5.74) is -1.79. The minimum atomic E-state index is -1.75. The van der Waals surface area contributed by atoms with Gasteiger partial charge in [0.15, 0.2) is 17.9 Å². The lowest BCUT2D eigenvalue weighted by atomic mass is 9.45. The fraction of sp³-hybridized carbons (Fsp3) is 0.852. The highest BCUT2D eigenvalue weighted by Gasteiger charge is 2.68. The van der Waals surface area contributed by atoms with Crippen LogP contribution in [0.2, 0.25) is 0 Å². The third kappa shape index (κ3) is 3.98. The van der Waals surface area contributed by atoms with Gasteiger partial charge in [-0.15, -0.1) is 0 Å². The molecule has 37 heavy (non-hydrogen) atoms. The summed E-state index contributed by atoms with van der Waals surface area (Å²) in [6, 6.07) is 0. The van der Waals surface area contributed by atoms with Crippen molar-refractivity contribution >= 4 is 11.6 Å². The number of carbonyl (C=O) groups excluding carboxylic acids is 2. The highest BCUT2D eigenvalue weighted by molar-refractivity contribution is 5.92. The molecule has 5 aliphatic rings. The molecule has 6 N–H and O–H groups in total. The zero-order valence-corrected chi connectivity index (χ0v) is 21.5. The Kier molecular flexibility index (Phi) is 6.98. The first-order valence-corrected chi connectivity index (χ1v) is 13.5. The van der Waals surface area contributed by atoms with Crippen molar-refractivity contribution in [2.24, 2.45) is 28.6 Å². The first kappa shape index (κ1) is 27.3. The predicted octanol–water partition coefficient (Wildman–Crippen LogP) is -0.394. The molecule has 4 aliphatic carbocycles. The van der Waals surface area contributed by atoms with E-state index < -0.39 is 66.8 Å². The predicted molar refractivity (Wildman–Crippen MR) is 128 cm³/mol. The van der Waals surface area contributed by atoms with Crippen LogP contribution in [0.15, 0.2) is 11.6 Å². The number of hydrogen-bond acceptors (Lipinski definition) is 10. The number of aliphatic hydroxyl groups is 6. The van der Waals surface area contributed by atoms with Crippen molar-refractivity contribution in [3.63, 3.8) is 0 Å². The molecule has 6 unspecified atom stereocenters. The van der Waals surface area contributed by atoms with Crippen LogP contribution < -0.4 is 0 Å². The van der Waals surface area contributed by atoms with E-state index in [9.17, 15) is 40.2 Å². The third-order valence-electron chi connectivity index (χ3n) is 10.7. The Balaban J connectivity index is 1.33. The van der Waals surface area contributed by atoms with E-state index in [1.165, 1.54) is 0 Å². The average Bonchev–Trinajstić information content (AvgIpc) is 3.13. The quantitative estimate of drug-likeness (QED) is 0.278. The van der Waals surface area contributed by atoms with Crippen LogP contribution in [0.5, 0.6) is 0 Å². The maximum atomic E-state index is 13.5. The fourth-order valence-electron chi connectivity index (χ4n) is 8.63. The van der Waals surface area contributed by atoms with E-state index >= 15 is 0 Å². The molecule has 3 saturated carbocycles. The number of carbonyl (C=O) groups is 2. The van der Waals surface area contributed by atoms with E-state index in [0.717, 1.165) is 18.4 Å². The van der Waals surface area contributed by atoms with Crippen LogP contribution in [0.1, 0.15) is 58.8 Å². The van der Waals surface area contributed by atoms with Crippen LogP contribution in [-0.4, -0.2) is 97.8 Å². The number of ether oxygens (including phenoxy) is 2. The number of aliphatic hydroxyl groups excluding tert-OH is 5. The zero-order valence-electron chi connectivity index (χ0n) is 21.5. The van der Waals surface area contributed by atoms with Crippen LogP contribution in [-0.2, 0) is 19.1 Å². The van der Waals surface area contributed by atoms with E-state index in [0.29, 0.717) is 19.3 Å². The lowest BCUT2D eigenvalue weighted by Crippen LogP contribution is -2.62. The minimum absolute atomic E-state index is 0.0121. The second kappa shape index (κ2) is 9.45. The molecule has 1 heterocycles. The number of allylic oxidation sites excluding steroid dienone is 1. The molecule has 10 heteroatoms. The molecule has 0 aromatic carbocycles. The van der Waals surface area contributed by atoms with Gasteiger partial charge in [0.1, 0.15) is 36.6 Å². The number of ketones is 2. The Hall–Kier alpha value is -1.24. The molecular weight excluding hydrogens is 484 g/mol. The maximum absolute atomic E-state index is 13.5. The Labute approximate surface area is 216 Å². The number of fused-ring (bicyclic) bond motifs is 5. The van der Waals surface area contributed by atoms with E-state index in [1.807, 2.05) is 6.92 Å². The van der Waals surface area contributed by atoms with E-state index in [2.05, 4.69) is 6.92 Å². The van der Waals surface area contributed by atoms with Crippen LogP contribution in [0.4, 0.5) is 0 Å². The summed E-state index contributed by atoms with van der Waals surface area (Å²) in [6.45, 7) is 2.80. The van der Waals surface area contributed by atoms with E-state index in [4.69, 9.17) is 9.47 Å². The summed E-state index contributed by atoms with van der Waals surface area (Å²) in [6.07, 6.45) is -2.58. The summed E-state index contributed by atoms with van der Waals surface area (Å²) in [4.78, 5) is 25.5. The van der Waals surface area contributed by atoms with Crippen LogP contribution in [0.25, 0.3) is 0 Å². The molecule has 4 fully saturated rings. The smallest absolute Gasteiger partial charge is 0.190 e. The number of rotatable bonds is 5. The fourth-order valence-corrected chi connectivity index (χ4v) is 8.63. The molecule has 0 amide bonds. The van der Waals surface area contributed by atoms with E-state index in [-0.39, 0.29) is 41.8 Å². The van der Waals surface area contributed by atoms with Crippen molar-refractivity contribution in [2.75, 3.05) is 13.2 Å².